The summed E-state index contributed by atoms with van der Waals surface area (Å²) in [6, 6.07) is -0.266. The molecule has 2 rings (SSSR count). The van der Waals surface area contributed by atoms with Crippen molar-refractivity contribution < 1.29 is 4.79 Å². The van der Waals surface area contributed by atoms with Gasteiger partial charge < -0.3 is 0 Å². The number of carbonyl (C=O) groups excluding carboxylic acids is 1. The quantitative estimate of drug-likeness (QED) is 0.884. The van der Waals surface area contributed by atoms with Crippen LogP contribution in [0.15, 0.2) is 10.9 Å². The molecular formula is C13H19N5OS2. The molecule has 114 valence electrons. The van der Waals surface area contributed by atoms with Crippen molar-refractivity contribution in [2.24, 2.45) is 0 Å². The van der Waals surface area contributed by atoms with Gasteiger partial charge in [-0.2, -0.15) is 0 Å². The van der Waals surface area contributed by atoms with Crippen LogP contribution in [-0.2, 0) is 11.3 Å². The molecule has 2 aromatic rings. The predicted molar refractivity (Wildman–Crippen MR) is 85.7 cm³/mol. The van der Waals surface area contributed by atoms with E-state index >= 15 is 0 Å². The summed E-state index contributed by atoms with van der Waals surface area (Å²) in [7, 11) is 1.92. The Morgan fingerprint density at radius 1 is 1.38 bits per heavy atom. The maximum atomic E-state index is 12.1. The van der Waals surface area contributed by atoms with Gasteiger partial charge in [0, 0.05) is 17.8 Å². The lowest BCUT2D eigenvalue weighted by Gasteiger charge is -2.22. The Morgan fingerprint density at radius 3 is 2.71 bits per heavy atom. The fourth-order valence-electron chi connectivity index (χ4n) is 1.69. The number of carbonyl (C=O) groups is 1. The zero-order valence-electron chi connectivity index (χ0n) is 12.5. The van der Waals surface area contributed by atoms with Gasteiger partial charge in [-0.1, -0.05) is 25.2 Å². The lowest BCUT2D eigenvalue weighted by atomic mass is 10.2. The Morgan fingerprint density at radius 2 is 2.14 bits per heavy atom. The second-order valence-corrected chi connectivity index (χ2v) is 6.88. The average Bonchev–Trinajstić information content (AvgIpc) is 3.09. The summed E-state index contributed by atoms with van der Waals surface area (Å²) >= 11 is 2.98. The minimum Gasteiger partial charge on any atom is -0.299 e. The number of nitrogens with zero attached hydrogens (tertiary/aromatic N) is 4. The second-order valence-electron chi connectivity index (χ2n) is 5.16. The highest BCUT2D eigenvalue weighted by Crippen LogP contribution is 2.20. The molecule has 0 saturated carbocycles. The first kappa shape index (κ1) is 16.0. The topological polar surface area (TPSA) is 71.0 Å². The van der Waals surface area contributed by atoms with Crippen LogP contribution in [0.5, 0.6) is 0 Å². The van der Waals surface area contributed by atoms with Crippen LogP contribution in [0, 0.1) is 0 Å². The zero-order valence-corrected chi connectivity index (χ0v) is 14.2. The summed E-state index contributed by atoms with van der Waals surface area (Å²) in [6.45, 7) is 6.77. The maximum absolute atomic E-state index is 12.1. The third-order valence-corrected chi connectivity index (χ3v) is 4.91. The normalized spacial score (nSPS) is 12.9. The summed E-state index contributed by atoms with van der Waals surface area (Å²) in [5, 5.41) is 14.0. The van der Waals surface area contributed by atoms with Gasteiger partial charge in [0.25, 0.3) is 0 Å². The van der Waals surface area contributed by atoms with Crippen LogP contribution >= 0.6 is 22.7 Å². The summed E-state index contributed by atoms with van der Waals surface area (Å²) in [5.74, 6) is 0.348. The Bertz CT molecular complexity index is 581. The van der Waals surface area contributed by atoms with Gasteiger partial charge in [0.15, 0.2) is 0 Å². The van der Waals surface area contributed by atoms with E-state index in [1.165, 1.54) is 11.3 Å². The van der Waals surface area contributed by atoms with Gasteiger partial charge in [0.2, 0.25) is 11.0 Å². The summed E-state index contributed by atoms with van der Waals surface area (Å²) in [4.78, 5) is 18.7. The third-order valence-electron chi connectivity index (χ3n) is 3.11. The van der Waals surface area contributed by atoms with Crippen molar-refractivity contribution in [3.05, 3.63) is 21.6 Å². The van der Waals surface area contributed by atoms with Crippen molar-refractivity contribution >= 4 is 33.7 Å². The molecule has 0 aliphatic carbocycles. The Labute approximate surface area is 132 Å². The highest BCUT2D eigenvalue weighted by atomic mass is 32.1. The third kappa shape index (κ3) is 4.29. The van der Waals surface area contributed by atoms with Crippen molar-refractivity contribution in [1.82, 2.24) is 20.1 Å². The van der Waals surface area contributed by atoms with Crippen molar-refractivity contribution in [3.8, 4) is 0 Å². The van der Waals surface area contributed by atoms with Crippen molar-refractivity contribution in [2.75, 3.05) is 12.4 Å². The molecule has 1 atom stereocenters. The summed E-state index contributed by atoms with van der Waals surface area (Å²) in [5.41, 5.74) is 2.59. The number of aromatic nitrogens is 3. The zero-order chi connectivity index (χ0) is 15.4. The molecule has 2 aromatic heterocycles. The number of amides is 1. The molecule has 6 nitrogen and oxygen atoms in total. The highest BCUT2D eigenvalue weighted by molar-refractivity contribution is 7.13. The summed E-state index contributed by atoms with van der Waals surface area (Å²) < 4.78 is 0. The van der Waals surface area contributed by atoms with Crippen LogP contribution in [0.2, 0.25) is 0 Å². The number of likely N-dealkylation sites (N-methyl/N-ethyl adjacent to an activating group) is 1. The van der Waals surface area contributed by atoms with E-state index in [0.717, 1.165) is 10.7 Å². The average molecular weight is 325 g/mol. The smallest absolute Gasteiger partial charge is 0.243 e. The SMILES string of the molecule is CC(C)c1nc(CN(C)C(C)C(=O)Nc2nncs2)cs1. The van der Waals surface area contributed by atoms with Gasteiger partial charge in [-0.05, 0) is 14.0 Å². The largest absolute Gasteiger partial charge is 0.299 e. The Hall–Kier alpha value is -1.38. The van der Waals surface area contributed by atoms with Crippen LogP contribution < -0.4 is 5.32 Å². The van der Waals surface area contributed by atoms with Crippen LogP contribution in [-0.4, -0.2) is 39.1 Å². The van der Waals surface area contributed by atoms with Crippen LogP contribution in [0.25, 0.3) is 0 Å². The van der Waals surface area contributed by atoms with E-state index in [2.05, 4.69) is 39.7 Å². The van der Waals surface area contributed by atoms with E-state index in [4.69, 9.17) is 0 Å². The number of rotatable bonds is 6. The number of hydrogen-bond donors (Lipinski definition) is 1. The lowest BCUT2D eigenvalue weighted by Crippen LogP contribution is -2.39. The van der Waals surface area contributed by atoms with E-state index in [1.807, 2.05) is 18.9 Å². The first-order valence-electron chi connectivity index (χ1n) is 6.69. The number of anilines is 1. The number of thiazole rings is 1. The number of nitrogens with one attached hydrogen (secondary N) is 1. The Balaban J connectivity index is 1.92. The van der Waals surface area contributed by atoms with Crippen LogP contribution in [0.1, 0.15) is 37.4 Å². The molecule has 1 N–H and O–H groups in total. The van der Waals surface area contributed by atoms with Crippen molar-refractivity contribution in [2.45, 2.75) is 39.3 Å². The molecule has 2 heterocycles. The van der Waals surface area contributed by atoms with Gasteiger partial charge >= 0.3 is 0 Å². The van der Waals surface area contributed by atoms with Gasteiger partial charge in [-0.25, -0.2) is 4.98 Å². The maximum Gasteiger partial charge on any atom is 0.243 e. The molecule has 0 saturated heterocycles. The fraction of sp³-hybridized carbons (Fsp3) is 0.538. The van der Waals surface area contributed by atoms with Crippen LogP contribution in [0.4, 0.5) is 5.13 Å². The molecule has 0 aliphatic rings. The first-order chi connectivity index (χ1) is 9.97. The molecule has 0 spiro atoms. The van der Waals surface area contributed by atoms with E-state index in [0.29, 0.717) is 17.6 Å². The highest BCUT2D eigenvalue weighted by Gasteiger charge is 2.20. The van der Waals surface area contributed by atoms with Gasteiger partial charge in [0.1, 0.15) is 5.51 Å². The number of hydrogen-bond acceptors (Lipinski definition) is 7. The van der Waals surface area contributed by atoms with E-state index in [1.54, 1.807) is 16.8 Å². The summed E-state index contributed by atoms with van der Waals surface area (Å²) in [6.07, 6.45) is 0. The molecule has 1 amide bonds. The minimum atomic E-state index is -0.266. The van der Waals surface area contributed by atoms with E-state index in [9.17, 15) is 4.79 Å². The Kier molecular flexibility index (Phi) is 5.38. The molecule has 21 heavy (non-hydrogen) atoms. The van der Waals surface area contributed by atoms with E-state index in [-0.39, 0.29) is 11.9 Å². The molecule has 0 bridgehead atoms. The molecule has 0 radical (unpaired) electrons. The molecule has 0 aromatic carbocycles. The standard InChI is InChI=1S/C13H19N5OS2/c1-8(2)12-15-10(6-20-12)5-18(4)9(3)11(19)16-13-17-14-7-21-13/h6-9H,5H2,1-4H3,(H,16,17,19). The fourth-order valence-corrected chi connectivity index (χ4v) is 2.96. The van der Waals surface area contributed by atoms with Gasteiger partial charge in [-0.3, -0.25) is 15.0 Å². The lowest BCUT2D eigenvalue weighted by molar-refractivity contribution is -0.120. The minimum absolute atomic E-state index is 0.0893. The molecule has 0 fully saturated rings. The molecule has 8 heteroatoms. The van der Waals surface area contributed by atoms with Crippen molar-refractivity contribution in [1.29, 1.82) is 0 Å². The van der Waals surface area contributed by atoms with E-state index < -0.39 is 0 Å². The second kappa shape index (κ2) is 7.06. The molecule has 1 unspecified atom stereocenters. The van der Waals surface area contributed by atoms with Crippen molar-refractivity contribution in [3.63, 3.8) is 0 Å². The first-order valence-corrected chi connectivity index (χ1v) is 8.45. The van der Waals surface area contributed by atoms with Gasteiger partial charge in [-0.15, -0.1) is 21.5 Å². The predicted octanol–water partition coefficient (Wildman–Crippen LogP) is 2.58. The molecule has 0 aliphatic heterocycles. The van der Waals surface area contributed by atoms with Crippen LogP contribution in [0.3, 0.4) is 0 Å². The monoisotopic (exact) mass is 325 g/mol. The van der Waals surface area contributed by atoms with Gasteiger partial charge in [0.05, 0.1) is 16.7 Å². The molecular weight excluding hydrogens is 306 g/mol.